The van der Waals surface area contributed by atoms with Gasteiger partial charge in [0.25, 0.3) is 0 Å². The van der Waals surface area contributed by atoms with E-state index in [0.717, 1.165) is 38.3 Å². The van der Waals surface area contributed by atoms with Gasteiger partial charge in [-0.05, 0) is 18.1 Å². The van der Waals surface area contributed by atoms with E-state index in [0.29, 0.717) is 0 Å². The van der Waals surface area contributed by atoms with Crippen LogP contribution in [0.4, 0.5) is 0 Å². The van der Waals surface area contributed by atoms with E-state index in [1.54, 1.807) is 0 Å². The van der Waals surface area contributed by atoms with Crippen molar-refractivity contribution in [3.63, 3.8) is 0 Å². The number of rotatable bonds is 4. The molecule has 0 radical (unpaired) electrons. The van der Waals surface area contributed by atoms with Crippen molar-refractivity contribution in [2.24, 2.45) is 5.73 Å². The Balaban J connectivity index is 1.54. The largest absolute Gasteiger partial charge is 0.338 e. The highest BCUT2D eigenvalue weighted by atomic mass is 16.2. The van der Waals surface area contributed by atoms with Gasteiger partial charge < -0.3 is 10.6 Å². The number of carbonyl (C=O) groups excluding carboxylic acids is 1. The molecule has 1 amide bonds. The van der Waals surface area contributed by atoms with Crippen LogP contribution in [-0.2, 0) is 11.3 Å². The van der Waals surface area contributed by atoms with Gasteiger partial charge >= 0.3 is 0 Å². The monoisotopic (exact) mass is 323 g/mol. The molecule has 4 nitrogen and oxygen atoms in total. The Kier molecular flexibility index (Phi) is 5.28. The van der Waals surface area contributed by atoms with Gasteiger partial charge in [0, 0.05) is 32.7 Å². The lowest BCUT2D eigenvalue weighted by Gasteiger charge is -2.36. The van der Waals surface area contributed by atoms with Crippen LogP contribution in [0.1, 0.15) is 22.7 Å². The van der Waals surface area contributed by atoms with E-state index in [4.69, 9.17) is 5.73 Å². The topological polar surface area (TPSA) is 49.6 Å². The highest BCUT2D eigenvalue weighted by Crippen LogP contribution is 2.16. The van der Waals surface area contributed by atoms with Crippen LogP contribution in [0.5, 0.6) is 0 Å². The smallest absolute Gasteiger partial charge is 0.244 e. The van der Waals surface area contributed by atoms with Crippen LogP contribution in [-0.4, -0.2) is 41.9 Å². The second kappa shape index (κ2) is 7.60. The third kappa shape index (κ3) is 4.02. The average molecular weight is 323 g/mol. The van der Waals surface area contributed by atoms with Crippen molar-refractivity contribution in [3.8, 4) is 0 Å². The predicted octanol–water partition coefficient (Wildman–Crippen LogP) is 2.34. The van der Waals surface area contributed by atoms with E-state index in [9.17, 15) is 4.79 Å². The molecule has 1 fully saturated rings. The number of benzene rings is 2. The van der Waals surface area contributed by atoms with Crippen LogP contribution in [0.15, 0.2) is 54.6 Å². The van der Waals surface area contributed by atoms with Crippen LogP contribution in [0.2, 0.25) is 0 Å². The molecule has 1 atom stereocenters. The molecule has 3 rings (SSSR count). The molecule has 1 aliphatic rings. The molecule has 0 bridgehead atoms. The van der Waals surface area contributed by atoms with Gasteiger partial charge in [-0.3, -0.25) is 9.69 Å². The quantitative estimate of drug-likeness (QED) is 0.939. The summed E-state index contributed by atoms with van der Waals surface area (Å²) in [6.45, 7) is 6.23. The van der Waals surface area contributed by atoms with Crippen LogP contribution < -0.4 is 5.73 Å². The number of nitrogens with two attached hydrogens (primary N) is 1. The zero-order valence-electron chi connectivity index (χ0n) is 14.2. The Morgan fingerprint density at radius 3 is 2.25 bits per heavy atom. The average Bonchev–Trinajstić information content (AvgIpc) is 2.63. The van der Waals surface area contributed by atoms with Gasteiger partial charge in [0.2, 0.25) is 5.91 Å². The highest BCUT2D eigenvalue weighted by Gasteiger charge is 2.26. The van der Waals surface area contributed by atoms with Crippen LogP contribution in [0.3, 0.4) is 0 Å². The maximum absolute atomic E-state index is 12.6. The first-order valence-corrected chi connectivity index (χ1v) is 8.51. The minimum atomic E-state index is -0.564. The number of nitrogens with zero attached hydrogens (tertiary/aromatic N) is 2. The fraction of sp³-hybridized carbons (Fsp3) is 0.350. The number of piperazine rings is 1. The van der Waals surface area contributed by atoms with Crippen LogP contribution >= 0.6 is 0 Å². The molecular formula is C20H25N3O. The van der Waals surface area contributed by atoms with E-state index >= 15 is 0 Å². The molecule has 1 saturated heterocycles. The summed E-state index contributed by atoms with van der Waals surface area (Å²) < 4.78 is 0. The lowest BCUT2D eigenvalue weighted by Crippen LogP contribution is -2.50. The Hall–Kier alpha value is -2.17. The van der Waals surface area contributed by atoms with Crippen molar-refractivity contribution in [1.82, 2.24) is 9.80 Å². The lowest BCUT2D eigenvalue weighted by atomic mass is 10.0. The molecule has 0 saturated carbocycles. The Bertz CT molecular complexity index is 661. The van der Waals surface area contributed by atoms with Crippen molar-refractivity contribution < 1.29 is 4.79 Å². The molecule has 4 heteroatoms. The molecule has 2 aromatic carbocycles. The molecule has 2 N–H and O–H groups in total. The Morgan fingerprint density at radius 2 is 1.62 bits per heavy atom. The summed E-state index contributed by atoms with van der Waals surface area (Å²) in [5.74, 6) is 0.0261. The summed E-state index contributed by atoms with van der Waals surface area (Å²) in [7, 11) is 0. The molecule has 0 aromatic heterocycles. The van der Waals surface area contributed by atoms with E-state index in [2.05, 4.69) is 29.2 Å². The van der Waals surface area contributed by atoms with Crippen LogP contribution in [0.25, 0.3) is 0 Å². The third-order valence-corrected chi connectivity index (χ3v) is 4.64. The second-order valence-corrected chi connectivity index (χ2v) is 6.48. The van der Waals surface area contributed by atoms with Gasteiger partial charge in [0.15, 0.2) is 0 Å². The molecule has 24 heavy (non-hydrogen) atoms. The Morgan fingerprint density at radius 1 is 1.00 bits per heavy atom. The van der Waals surface area contributed by atoms with Crippen LogP contribution in [0, 0.1) is 6.92 Å². The number of amides is 1. The zero-order valence-corrected chi connectivity index (χ0v) is 14.2. The maximum Gasteiger partial charge on any atom is 0.244 e. The van der Waals surface area contributed by atoms with E-state index in [-0.39, 0.29) is 5.91 Å². The minimum Gasteiger partial charge on any atom is -0.338 e. The van der Waals surface area contributed by atoms with Gasteiger partial charge in [0.05, 0.1) is 0 Å². The van der Waals surface area contributed by atoms with Crippen molar-refractivity contribution in [3.05, 3.63) is 71.3 Å². The third-order valence-electron chi connectivity index (χ3n) is 4.64. The van der Waals surface area contributed by atoms with Gasteiger partial charge in [-0.25, -0.2) is 0 Å². The molecule has 1 aliphatic heterocycles. The fourth-order valence-corrected chi connectivity index (χ4v) is 3.08. The number of carbonyl (C=O) groups is 1. The summed E-state index contributed by atoms with van der Waals surface area (Å²) in [6, 6.07) is 17.8. The molecule has 2 aromatic rings. The fourth-order valence-electron chi connectivity index (χ4n) is 3.08. The first-order chi connectivity index (χ1) is 11.6. The number of aryl methyl sites for hydroxylation is 1. The molecule has 0 aliphatic carbocycles. The SMILES string of the molecule is Cc1ccc(C(N)C(=O)N2CCN(Cc3ccccc3)CC2)cc1. The number of hydrogen-bond acceptors (Lipinski definition) is 3. The first kappa shape index (κ1) is 16.7. The van der Waals surface area contributed by atoms with Crippen molar-refractivity contribution in [2.75, 3.05) is 26.2 Å². The summed E-state index contributed by atoms with van der Waals surface area (Å²) in [5, 5.41) is 0. The first-order valence-electron chi connectivity index (χ1n) is 8.51. The van der Waals surface area contributed by atoms with E-state index < -0.39 is 6.04 Å². The normalized spacial score (nSPS) is 16.8. The Labute approximate surface area is 143 Å². The molecule has 1 heterocycles. The van der Waals surface area contributed by atoms with Gasteiger partial charge in [-0.2, -0.15) is 0 Å². The summed E-state index contributed by atoms with van der Waals surface area (Å²) in [6.07, 6.45) is 0. The van der Waals surface area contributed by atoms with Crippen molar-refractivity contribution in [1.29, 1.82) is 0 Å². The highest BCUT2D eigenvalue weighted by molar-refractivity contribution is 5.83. The summed E-state index contributed by atoms with van der Waals surface area (Å²) in [4.78, 5) is 16.9. The summed E-state index contributed by atoms with van der Waals surface area (Å²) >= 11 is 0. The standard InChI is InChI=1S/C20H25N3O/c1-16-7-9-18(10-8-16)19(21)20(24)23-13-11-22(12-14-23)15-17-5-3-2-4-6-17/h2-10,19H,11-15,21H2,1H3. The number of hydrogen-bond donors (Lipinski definition) is 1. The molecule has 0 spiro atoms. The van der Waals surface area contributed by atoms with E-state index in [1.165, 1.54) is 11.1 Å². The predicted molar refractivity (Wildman–Crippen MR) is 96.4 cm³/mol. The molecule has 1 unspecified atom stereocenters. The van der Waals surface area contributed by atoms with Gasteiger partial charge in [0.1, 0.15) is 6.04 Å². The van der Waals surface area contributed by atoms with Gasteiger partial charge in [-0.15, -0.1) is 0 Å². The summed E-state index contributed by atoms with van der Waals surface area (Å²) in [5.41, 5.74) is 9.55. The zero-order chi connectivity index (χ0) is 16.9. The molecule has 126 valence electrons. The molecular weight excluding hydrogens is 298 g/mol. The van der Waals surface area contributed by atoms with E-state index in [1.807, 2.05) is 42.2 Å². The lowest BCUT2D eigenvalue weighted by molar-refractivity contribution is -0.134. The van der Waals surface area contributed by atoms with Crippen molar-refractivity contribution in [2.45, 2.75) is 19.5 Å². The van der Waals surface area contributed by atoms with Gasteiger partial charge in [-0.1, -0.05) is 60.2 Å². The minimum absolute atomic E-state index is 0.0261. The maximum atomic E-state index is 12.6. The second-order valence-electron chi connectivity index (χ2n) is 6.48. The van der Waals surface area contributed by atoms with Crippen molar-refractivity contribution >= 4 is 5.91 Å².